The summed E-state index contributed by atoms with van der Waals surface area (Å²) in [5, 5.41) is 9.98. The Balaban J connectivity index is 1.27. The quantitative estimate of drug-likeness (QED) is 0.383. The molecule has 2 aliphatic heterocycles. The number of aromatic nitrogens is 4. The van der Waals surface area contributed by atoms with Gasteiger partial charge >= 0.3 is 0 Å². The van der Waals surface area contributed by atoms with E-state index in [1.165, 1.54) is 17.7 Å². The third-order valence-electron chi connectivity index (χ3n) is 7.61. The van der Waals surface area contributed by atoms with Crippen LogP contribution >= 0.6 is 11.3 Å². The van der Waals surface area contributed by atoms with Crippen LogP contribution in [-0.4, -0.2) is 93.0 Å². The zero-order valence-corrected chi connectivity index (χ0v) is 24.2. The minimum Gasteiger partial charge on any atom is -0.493 e. The Morgan fingerprint density at radius 2 is 2.07 bits per heavy atom. The Hall–Kier alpha value is -4.52. The zero-order valence-electron chi connectivity index (χ0n) is 23.4. The predicted molar refractivity (Wildman–Crippen MR) is 154 cm³/mol. The van der Waals surface area contributed by atoms with Crippen molar-refractivity contribution < 1.29 is 23.9 Å². The molecule has 3 aromatic heterocycles. The van der Waals surface area contributed by atoms with Crippen molar-refractivity contribution in [2.75, 3.05) is 39.9 Å². The number of carbonyl (C=O) groups is 3. The first-order chi connectivity index (χ1) is 20.4. The van der Waals surface area contributed by atoms with Crippen molar-refractivity contribution in [2.45, 2.75) is 31.7 Å². The summed E-state index contributed by atoms with van der Waals surface area (Å²) in [6, 6.07) is 8.75. The van der Waals surface area contributed by atoms with Crippen LogP contribution in [0.4, 0.5) is 0 Å². The third kappa shape index (κ3) is 5.77. The smallest absolute Gasteiger partial charge is 0.254 e. The van der Waals surface area contributed by atoms with Crippen LogP contribution in [0.15, 0.2) is 48.2 Å². The van der Waals surface area contributed by atoms with Crippen LogP contribution in [0.1, 0.15) is 39.0 Å². The summed E-state index contributed by atoms with van der Waals surface area (Å²) in [5.74, 6) is 0.355. The van der Waals surface area contributed by atoms with Crippen molar-refractivity contribution in [1.29, 1.82) is 0 Å². The molecule has 3 amide bonds. The number of nitrogens with zero attached hydrogens (tertiary/aromatic N) is 6. The molecule has 2 atom stereocenters. The maximum absolute atomic E-state index is 13.6. The van der Waals surface area contributed by atoms with Crippen LogP contribution in [-0.2, 0) is 16.0 Å². The maximum atomic E-state index is 13.6. The lowest BCUT2D eigenvalue weighted by molar-refractivity contribution is -0.136. The van der Waals surface area contributed by atoms with E-state index in [4.69, 9.17) is 9.47 Å². The molecule has 4 aromatic rings. The van der Waals surface area contributed by atoms with E-state index in [-0.39, 0.29) is 42.6 Å². The van der Waals surface area contributed by atoms with Crippen molar-refractivity contribution in [3.05, 3.63) is 70.1 Å². The minimum absolute atomic E-state index is 0.0937. The van der Waals surface area contributed by atoms with Gasteiger partial charge in [0.1, 0.15) is 6.33 Å². The number of pyridine rings is 1. The first-order valence-electron chi connectivity index (χ1n) is 13.8. The highest BCUT2D eigenvalue weighted by Gasteiger charge is 2.38. The molecular formula is C29H31N7O5S. The number of methoxy groups -OCH3 is 1. The van der Waals surface area contributed by atoms with Crippen molar-refractivity contribution >= 4 is 34.7 Å². The number of ether oxygens (including phenoxy) is 2. The predicted octanol–water partition coefficient (Wildman–Crippen LogP) is 2.08. The molecule has 5 heterocycles. The molecule has 2 bridgehead atoms. The van der Waals surface area contributed by atoms with Gasteiger partial charge < -0.3 is 24.6 Å². The highest BCUT2D eigenvalue weighted by molar-refractivity contribution is 7.09. The fourth-order valence-electron chi connectivity index (χ4n) is 5.53. The molecule has 2 aliphatic rings. The van der Waals surface area contributed by atoms with E-state index in [1.807, 2.05) is 30.5 Å². The van der Waals surface area contributed by atoms with Crippen molar-refractivity contribution in [3.8, 4) is 11.5 Å². The first kappa shape index (κ1) is 27.6. The van der Waals surface area contributed by atoms with Crippen LogP contribution < -0.4 is 14.8 Å². The molecule has 1 N–H and O–H groups in total. The van der Waals surface area contributed by atoms with Crippen molar-refractivity contribution in [2.24, 2.45) is 0 Å². The summed E-state index contributed by atoms with van der Waals surface area (Å²) in [4.78, 5) is 52.1. The Labute approximate surface area is 246 Å². The number of amides is 3. The molecule has 0 aliphatic carbocycles. The molecule has 6 rings (SSSR count). The van der Waals surface area contributed by atoms with Gasteiger partial charge in [-0.25, -0.2) is 14.5 Å². The van der Waals surface area contributed by atoms with E-state index in [9.17, 15) is 14.4 Å². The van der Waals surface area contributed by atoms with Crippen LogP contribution in [0.3, 0.4) is 0 Å². The molecule has 1 aromatic carbocycles. The van der Waals surface area contributed by atoms with Crippen LogP contribution in [0.25, 0.3) is 5.65 Å². The van der Waals surface area contributed by atoms with E-state index >= 15 is 0 Å². The second-order valence-electron chi connectivity index (χ2n) is 10.4. The lowest BCUT2D eigenvalue weighted by Gasteiger charge is -2.24. The van der Waals surface area contributed by atoms with E-state index in [1.54, 1.807) is 39.8 Å². The summed E-state index contributed by atoms with van der Waals surface area (Å²) in [6.07, 6.45) is 3.80. The number of rotatable bonds is 4. The molecule has 12 nitrogen and oxygen atoms in total. The number of aryl methyl sites for hydroxylation is 1. The minimum atomic E-state index is -0.376. The summed E-state index contributed by atoms with van der Waals surface area (Å²) >= 11 is 1.49. The summed E-state index contributed by atoms with van der Waals surface area (Å²) in [5.41, 5.74) is 2.68. The van der Waals surface area contributed by atoms with Gasteiger partial charge in [0.15, 0.2) is 17.1 Å². The zero-order chi connectivity index (χ0) is 29.2. The van der Waals surface area contributed by atoms with Crippen molar-refractivity contribution in [3.63, 3.8) is 0 Å². The summed E-state index contributed by atoms with van der Waals surface area (Å²) in [7, 11) is 1.59. The summed E-state index contributed by atoms with van der Waals surface area (Å²) in [6.45, 7) is 3.18. The second-order valence-corrected chi connectivity index (χ2v) is 11.5. The topological polar surface area (TPSA) is 131 Å². The van der Waals surface area contributed by atoms with Gasteiger partial charge in [0, 0.05) is 42.7 Å². The van der Waals surface area contributed by atoms with Gasteiger partial charge in [-0.2, -0.15) is 5.10 Å². The van der Waals surface area contributed by atoms with Crippen LogP contribution in [0, 0.1) is 6.92 Å². The van der Waals surface area contributed by atoms with Crippen molar-refractivity contribution in [1.82, 2.24) is 34.7 Å². The lowest BCUT2D eigenvalue weighted by atomic mass is 9.94. The van der Waals surface area contributed by atoms with Gasteiger partial charge in [-0.1, -0.05) is 6.07 Å². The fourth-order valence-corrected chi connectivity index (χ4v) is 6.15. The molecule has 0 radical (unpaired) electrons. The monoisotopic (exact) mass is 589 g/mol. The molecule has 218 valence electrons. The second kappa shape index (κ2) is 11.8. The molecule has 42 heavy (non-hydrogen) atoms. The fraction of sp³-hybridized carbons (Fsp3) is 0.379. The molecular weight excluding hydrogens is 558 g/mol. The normalized spacial score (nSPS) is 19.2. The number of nitrogens with one attached hydrogen (secondary N) is 1. The number of benzene rings is 1. The number of thiazole rings is 1. The Kier molecular flexibility index (Phi) is 7.74. The Bertz CT molecular complexity index is 1640. The van der Waals surface area contributed by atoms with Gasteiger partial charge in [0.05, 0.1) is 43.4 Å². The largest absolute Gasteiger partial charge is 0.493 e. The molecule has 1 saturated heterocycles. The maximum Gasteiger partial charge on any atom is 0.254 e. The van der Waals surface area contributed by atoms with Crippen LogP contribution in [0.2, 0.25) is 0 Å². The van der Waals surface area contributed by atoms with E-state index in [0.29, 0.717) is 61.1 Å². The molecule has 0 unspecified atom stereocenters. The standard InChI is InChI=1S/C29H31N7O5S/c1-18-32-21(16-42-18)12-28(38)34-7-3-9-41-25-10-19(4-5-24(25)40-2)22-13-35(14-23(22)33-27(37)15-34)29(39)20-6-8-36-26(11-20)30-17-31-36/h4-6,8,10-11,16-17,22-23H,3,7,9,12-15H2,1-2H3,(H,33,37)/t22-,23+/m1/s1. The first-order valence-corrected chi connectivity index (χ1v) is 14.6. The van der Waals surface area contributed by atoms with Crippen LogP contribution in [0.5, 0.6) is 11.5 Å². The molecule has 0 saturated carbocycles. The molecule has 0 spiro atoms. The summed E-state index contributed by atoms with van der Waals surface area (Å²) < 4.78 is 13.2. The molecule has 13 heteroatoms. The Morgan fingerprint density at radius 1 is 1.19 bits per heavy atom. The number of hydrogen-bond acceptors (Lipinski definition) is 9. The van der Waals surface area contributed by atoms with E-state index < -0.39 is 0 Å². The number of fused-ring (bicyclic) bond motifs is 5. The number of carbonyl (C=O) groups excluding carboxylic acids is 3. The van der Waals surface area contributed by atoms with Gasteiger partial charge in [-0.05, 0) is 43.2 Å². The Morgan fingerprint density at radius 3 is 2.88 bits per heavy atom. The average Bonchev–Trinajstić information content (AvgIpc) is 3.73. The molecule has 1 fully saturated rings. The van der Waals surface area contributed by atoms with Gasteiger partial charge in [0.2, 0.25) is 11.8 Å². The van der Waals surface area contributed by atoms with E-state index in [0.717, 1.165) is 10.6 Å². The number of likely N-dealkylation sites (tertiary alicyclic amines) is 1. The lowest BCUT2D eigenvalue weighted by Crippen LogP contribution is -2.47. The SMILES string of the molecule is COc1ccc2cc1OCCCN(C(=O)Cc1csc(C)n1)CC(=O)N[C@H]1CN(C(=O)c3ccn4ncnc4c3)C[C@H]21. The van der Waals surface area contributed by atoms with Gasteiger partial charge in [-0.15, -0.1) is 11.3 Å². The highest BCUT2D eigenvalue weighted by Crippen LogP contribution is 2.35. The van der Waals surface area contributed by atoms with E-state index in [2.05, 4.69) is 20.4 Å². The average molecular weight is 590 g/mol. The van der Waals surface area contributed by atoms with Gasteiger partial charge in [0.25, 0.3) is 5.91 Å². The highest BCUT2D eigenvalue weighted by atomic mass is 32.1. The third-order valence-corrected chi connectivity index (χ3v) is 8.44. The number of hydrogen-bond donors (Lipinski definition) is 1. The van der Waals surface area contributed by atoms with Gasteiger partial charge in [-0.3, -0.25) is 14.4 Å².